The number of carbonyl (C=O) groups is 1. The minimum absolute atomic E-state index is 0.381. The molecule has 4 aromatic rings. The molecule has 33 heavy (non-hydrogen) atoms. The highest BCUT2D eigenvalue weighted by Crippen LogP contribution is 2.40. The Kier molecular flexibility index (Phi) is 6.96. The summed E-state index contributed by atoms with van der Waals surface area (Å²) in [5.41, 5.74) is 5.12. The minimum Gasteiger partial charge on any atom is -0.410 e. The summed E-state index contributed by atoms with van der Waals surface area (Å²) >= 11 is 12.7. The lowest BCUT2D eigenvalue weighted by Gasteiger charge is -2.20. The van der Waals surface area contributed by atoms with Gasteiger partial charge in [-0.1, -0.05) is 47.5 Å². The van der Waals surface area contributed by atoms with Crippen LogP contribution in [0.15, 0.2) is 66.9 Å². The molecule has 4 nitrogen and oxygen atoms in total. The Morgan fingerprint density at radius 1 is 0.970 bits per heavy atom. The van der Waals surface area contributed by atoms with Crippen LogP contribution >= 0.6 is 23.2 Å². The monoisotopic (exact) mass is 480 g/mol. The number of hydrogen-bond donors (Lipinski definition) is 0. The average molecular weight is 481 g/mol. The smallest absolute Gasteiger partial charge is 0.410 e. The highest BCUT2D eigenvalue weighted by atomic mass is 35.5. The Labute approximate surface area is 204 Å². The number of rotatable bonds is 6. The summed E-state index contributed by atoms with van der Waals surface area (Å²) in [4.78, 5) is 14.4. The zero-order chi connectivity index (χ0) is 23.5. The van der Waals surface area contributed by atoms with Crippen molar-refractivity contribution in [3.05, 3.63) is 88.0 Å². The molecule has 1 amide bonds. The van der Waals surface area contributed by atoms with Crippen molar-refractivity contribution in [2.45, 2.75) is 27.3 Å². The number of ether oxygens (including phenoxy) is 1. The molecule has 0 fully saturated rings. The number of carbonyl (C=O) groups excluding carboxylic acids is 1. The molecule has 1 heterocycles. The predicted molar refractivity (Wildman–Crippen MR) is 137 cm³/mol. The molecule has 0 radical (unpaired) electrons. The van der Waals surface area contributed by atoms with Crippen molar-refractivity contribution in [1.29, 1.82) is 0 Å². The maximum absolute atomic E-state index is 12.8. The van der Waals surface area contributed by atoms with Crippen LogP contribution in [0, 0.1) is 6.92 Å². The number of nitrogens with zero attached hydrogens (tertiary/aromatic N) is 2. The van der Waals surface area contributed by atoms with Gasteiger partial charge in [0, 0.05) is 52.3 Å². The van der Waals surface area contributed by atoms with Crippen LogP contribution in [0.25, 0.3) is 22.0 Å². The normalized spacial score (nSPS) is 11.1. The third kappa shape index (κ3) is 4.87. The largest absolute Gasteiger partial charge is 0.415 e. The lowest BCUT2D eigenvalue weighted by molar-refractivity contribution is 0.157. The van der Waals surface area contributed by atoms with Crippen LogP contribution in [0.4, 0.5) is 4.79 Å². The number of aromatic nitrogens is 1. The third-order valence-corrected chi connectivity index (χ3v) is 6.32. The van der Waals surface area contributed by atoms with Crippen molar-refractivity contribution in [2.75, 3.05) is 13.1 Å². The van der Waals surface area contributed by atoms with Gasteiger partial charge in [0.25, 0.3) is 0 Å². The van der Waals surface area contributed by atoms with Crippen molar-refractivity contribution in [2.24, 2.45) is 0 Å². The number of halogens is 2. The Morgan fingerprint density at radius 3 is 2.33 bits per heavy atom. The average Bonchev–Trinajstić information content (AvgIpc) is 3.18. The van der Waals surface area contributed by atoms with Crippen molar-refractivity contribution in [1.82, 2.24) is 9.47 Å². The Morgan fingerprint density at radius 2 is 1.67 bits per heavy atom. The molecule has 0 aliphatic heterocycles. The predicted octanol–water partition coefficient (Wildman–Crippen LogP) is 7.81. The summed E-state index contributed by atoms with van der Waals surface area (Å²) in [6, 6.07) is 19.6. The van der Waals surface area contributed by atoms with Gasteiger partial charge in [-0.2, -0.15) is 0 Å². The van der Waals surface area contributed by atoms with Gasteiger partial charge in [0.1, 0.15) is 5.75 Å². The highest BCUT2D eigenvalue weighted by Gasteiger charge is 2.20. The molecule has 0 N–H and O–H groups in total. The van der Waals surface area contributed by atoms with Crippen molar-refractivity contribution in [3.63, 3.8) is 0 Å². The van der Waals surface area contributed by atoms with Crippen LogP contribution < -0.4 is 4.74 Å². The van der Waals surface area contributed by atoms with Crippen LogP contribution in [0.3, 0.4) is 0 Å². The van der Waals surface area contributed by atoms with Gasteiger partial charge < -0.3 is 14.2 Å². The first kappa shape index (κ1) is 23.2. The number of amides is 1. The molecule has 3 aromatic carbocycles. The second-order valence-electron chi connectivity index (χ2n) is 7.94. The second-order valence-corrected chi connectivity index (χ2v) is 8.81. The molecule has 6 heteroatoms. The van der Waals surface area contributed by atoms with Crippen LogP contribution in [0.5, 0.6) is 5.75 Å². The standard InChI is InChI=1S/C27H26Cl2N2O2/c1-4-30(5-2)27(32)33-25-11-10-24-23(26(25)20-14-21(28)16-22(29)15-20)12-13-31(24)17-19-9-7-6-8-18(19)3/h6-16H,4-5,17H2,1-3H3. The molecule has 0 saturated carbocycles. The highest BCUT2D eigenvalue weighted by molar-refractivity contribution is 6.35. The molecule has 0 spiro atoms. The fourth-order valence-corrected chi connectivity index (χ4v) is 4.61. The molecule has 0 aliphatic carbocycles. The maximum atomic E-state index is 12.8. The van der Waals surface area contributed by atoms with Crippen LogP contribution in [-0.2, 0) is 6.54 Å². The van der Waals surface area contributed by atoms with Crippen molar-refractivity contribution in [3.8, 4) is 16.9 Å². The molecule has 0 bridgehead atoms. The van der Waals surface area contributed by atoms with Crippen LogP contribution in [0.1, 0.15) is 25.0 Å². The minimum atomic E-state index is -0.381. The summed E-state index contributed by atoms with van der Waals surface area (Å²) in [5, 5.41) is 2.01. The topological polar surface area (TPSA) is 34.5 Å². The van der Waals surface area contributed by atoms with Gasteiger partial charge in [-0.15, -0.1) is 0 Å². The fourth-order valence-electron chi connectivity index (χ4n) is 4.08. The molecule has 4 rings (SSSR count). The van der Waals surface area contributed by atoms with Gasteiger partial charge >= 0.3 is 6.09 Å². The molecule has 0 aliphatic rings. The number of aryl methyl sites for hydroxylation is 1. The first-order valence-electron chi connectivity index (χ1n) is 11.0. The first-order valence-corrected chi connectivity index (χ1v) is 11.8. The fraction of sp³-hybridized carbons (Fsp3) is 0.222. The number of hydrogen-bond acceptors (Lipinski definition) is 2. The maximum Gasteiger partial charge on any atom is 0.415 e. The molecule has 0 atom stereocenters. The van der Waals surface area contributed by atoms with Gasteiger partial charge in [0.15, 0.2) is 0 Å². The van der Waals surface area contributed by atoms with E-state index in [4.69, 9.17) is 27.9 Å². The Bertz CT molecular complexity index is 1290. The van der Waals surface area contributed by atoms with E-state index in [1.807, 2.05) is 50.2 Å². The first-order chi connectivity index (χ1) is 15.9. The Hall–Kier alpha value is -2.95. The van der Waals surface area contributed by atoms with E-state index in [0.717, 1.165) is 28.6 Å². The van der Waals surface area contributed by atoms with E-state index in [0.29, 0.717) is 28.9 Å². The summed E-state index contributed by atoms with van der Waals surface area (Å²) in [6.07, 6.45) is 1.68. The molecule has 0 unspecified atom stereocenters. The molecular weight excluding hydrogens is 455 g/mol. The third-order valence-electron chi connectivity index (χ3n) is 5.89. The number of benzene rings is 3. The van der Waals surface area contributed by atoms with E-state index in [9.17, 15) is 4.79 Å². The molecule has 0 saturated heterocycles. The SMILES string of the molecule is CCN(CC)C(=O)Oc1ccc2c(ccn2Cc2ccccc2C)c1-c1cc(Cl)cc(Cl)c1. The van der Waals surface area contributed by atoms with E-state index in [2.05, 4.69) is 35.9 Å². The Balaban J connectivity index is 1.86. The van der Waals surface area contributed by atoms with Gasteiger partial charge in [-0.3, -0.25) is 0 Å². The molecule has 170 valence electrons. The zero-order valence-electron chi connectivity index (χ0n) is 18.9. The summed E-state index contributed by atoms with van der Waals surface area (Å²) < 4.78 is 8.07. The van der Waals surface area contributed by atoms with Gasteiger partial charge in [0.2, 0.25) is 0 Å². The van der Waals surface area contributed by atoms with E-state index in [-0.39, 0.29) is 6.09 Å². The lowest BCUT2D eigenvalue weighted by Crippen LogP contribution is -2.33. The van der Waals surface area contributed by atoms with Crippen molar-refractivity contribution >= 4 is 40.2 Å². The summed E-state index contributed by atoms with van der Waals surface area (Å²) in [5.74, 6) is 0.478. The summed E-state index contributed by atoms with van der Waals surface area (Å²) in [6.45, 7) is 7.86. The van der Waals surface area contributed by atoms with E-state index in [1.165, 1.54) is 11.1 Å². The van der Waals surface area contributed by atoms with Crippen molar-refractivity contribution < 1.29 is 9.53 Å². The lowest BCUT2D eigenvalue weighted by atomic mass is 10.0. The second kappa shape index (κ2) is 9.90. The quantitative estimate of drug-likeness (QED) is 0.282. The van der Waals surface area contributed by atoms with Gasteiger partial charge in [0.05, 0.1) is 0 Å². The van der Waals surface area contributed by atoms with Gasteiger partial charge in [-0.25, -0.2) is 4.79 Å². The van der Waals surface area contributed by atoms with Crippen LogP contribution in [-0.4, -0.2) is 28.6 Å². The number of fused-ring (bicyclic) bond motifs is 1. The molecular formula is C27H26Cl2N2O2. The van der Waals surface area contributed by atoms with E-state index in [1.54, 1.807) is 11.0 Å². The van der Waals surface area contributed by atoms with Crippen LogP contribution in [0.2, 0.25) is 10.0 Å². The zero-order valence-corrected chi connectivity index (χ0v) is 20.5. The molecule has 1 aromatic heterocycles. The van der Waals surface area contributed by atoms with E-state index >= 15 is 0 Å². The van der Waals surface area contributed by atoms with E-state index < -0.39 is 0 Å². The summed E-state index contributed by atoms with van der Waals surface area (Å²) in [7, 11) is 0. The van der Waals surface area contributed by atoms with Gasteiger partial charge in [-0.05, 0) is 73.9 Å².